The van der Waals surface area contributed by atoms with Crippen molar-refractivity contribution in [2.75, 3.05) is 11.5 Å². The Morgan fingerprint density at radius 3 is 2.54 bits per heavy atom. The second-order valence-electron chi connectivity index (χ2n) is 6.13. The molecule has 4 nitrogen and oxygen atoms in total. The number of hydrogen-bond acceptors (Lipinski definition) is 4. The predicted octanol–water partition coefficient (Wildman–Crippen LogP) is 6.13. The topological polar surface area (TPSA) is 46.6 Å². The number of thioether (sulfide) groups is 1. The number of benzene rings is 3. The molecule has 2 amide bonds. The highest BCUT2D eigenvalue weighted by molar-refractivity contribution is 8.19. The average molecular weight is 410 g/mol. The molecular weight excluding hydrogens is 394 g/mol. The minimum Gasteiger partial charge on any atom is -0.493 e. The van der Waals surface area contributed by atoms with Crippen molar-refractivity contribution >= 4 is 57.0 Å². The maximum Gasteiger partial charge on any atom is 0.298 e. The first-order valence-corrected chi connectivity index (χ1v) is 9.96. The molecule has 0 unspecified atom stereocenters. The van der Waals surface area contributed by atoms with Crippen LogP contribution in [0.3, 0.4) is 0 Å². The molecule has 1 aliphatic rings. The standard InChI is InChI=1S/C22H16ClNO3S/c1-2-27-19-12-7-14-5-3-4-6-17(14)18(19)13-20-21(25)24(22(26)28-20)16-10-8-15(23)9-11-16/h3-13H,2H2,1H3/b20-13+. The molecule has 0 aliphatic carbocycles. The van der Waals surface area contributed by atoms with E-state index in [1.165, 1.54) is 0 Å². The molecule has 1 saturated heterocycles. The lowest BCUT2D eigenvalue weighted by molar-refractivity contribution is -0.113. The molecule has 28 heavy (non-hydrogen) atoms. The van der Waals surface area contributed by atoms with E-state index in [-0.39, 0.29) is 11.1 Å². The highest BCUT2D eigenvalue weighted by Crippen LogP contribution is 2.38. The molecule has 0 radical (unpaired) electrons. The summed E-state index contributed by atoms with van der Waals surface area (Å²) in [5, 5.41) is 2.21. The summed E-state index contributed by atoms with van der Waals surface area (Å²) in [4.78, 5) is 27.0. The van der Waals surface area contributed by atoms with E-state index in [2.05, 4.69) is 0 Å². The van der Waals surface area contributed by atoms with Crippen LogP contribution in [0.15, 0.2) is 65.6 Å². The molecule has 0 bridgehead atoms. The van der Waals surface area contributed by atoms with Crippen LogP contribution >= 0.6 is 23.4 Å². The van der Waals surface area contributed by atoms with Crippen molar-refractivity contribution < 1.29 is 14.3 Å². The van der Waals surface area contributed by atoms with Gasteiger partial charge in [-0.3, -0.25) is 9.59 Å². The number of anilines is 1. The van der Waals surface area contributed by atoms with Gasteiger partial charge in [0.1, 0.15) is 5.75 Å². The highest BCUT2D eigenvalue weighted by atomic mass is 35.5. The smallest absolute Gasteiger partial charge is 0.298 e. The summed E-state index contributed by atoms with van der Waals surface area (Å²) in [5.74, 6) is 0.326. The number of nitrogens with zero attached hydrogens (tertiary/aromatic N) is 1. The van der Waals surface area contributed by atoms with E-state index < -0.39 is 0 Å². The van der Waals surface area contributed by atoms with E-state index >= 15 is 0 Å². The molecule has 140 valence electrons. The number of carbonyl (C=O) groups excluding carboxylic acids is 2. The molecule has 0 spiro atoms. The summed E-state index contributed by atoms with van der Waals surface area (Å²) in [6.45, 7) is 2.42. The van der Waals surface area contributed by atoms with Gasteiger partial charge < -0.3 is 4.74 Å². The van der Waals surface area contributed by atoms with Crippen LogP contribution in [-0.4, -0.2) is 17.8 Å². The Kier molecular flexibility index (Phi) is 5.11. The Hall–Kier alpha value is -2.76. The summed E-state index contributed by atoms with van der Waals surface area (Å²) in [6, 6.07) is 18.4. The molecule has 0 aromatic heterocycles. The van der Waals surface area contributed by atoms with E-state index in [1.807, 2.05) is 43.3 Å². The zero-order chi connectivity index (χ0) is 19.7. The maximum absolute atomic E-state index is 13.0. The molecule has 4 rings (SSSR count). The summed E-state index contributed by atoms with van der Waals surface area (Å²) >= 11 is 6.83. The fraction of sp³-hybridized carbons (Fsp3) is 0.0909. The second kappa shape index (κ2) is 7.70. The Labute approximate surface area is 171 Å². The molecule has 1 heterocycles. The van der Waals surface area contributed by atoms with Gasteiger partial charge in [0.2, 0.25) is 0 Å². The van der Waals surface area contributed by atoms with Crippen LogP contribution in [0, 0.1) is 0 Å². The minimum atomic E-state index is -0.354. The first-order valence-electron chi connectivity index (χ1n) is 8.76. The van der Waals surface area contributed by atoms with Crippen molar-refractivity contribution in [1.29, 1.82) is 0 Å². The maximum atomic E-state index is 13.0. The van der Waals surface area contributed by atoms with Crippen molar-refractivity contribution in [3.05, 3.63) is 76.2 Å². The van der Waals surface area contributed by atoms with Crippen LogP contribution in [0.1, 0.15) is 12.5 Å². The normalized spacial score (nSPS) is 15.6. The van der Waals surface area contributed by atoms with Crippen molar-refractivity contribution in [3.63, 3.8) is 0 Å². The zero-order valence-electron chi connectivity index (χ0n) is 15.0. The molecule has 0 N–H and O–H groups in total. The summed E-state index contributed by atoms with van der Waals surface area (Å²) < 4.78 is 5.76. The molecule has 3 aromatic rings. The molecule has 6 heteroatoms. The van der Waals surface area contributed by atoms with Gasteiger partial charge in [-0.2, -0.15) is 0 Å². The number of fused-ring (bicyclic) bond motifs is 1. The molecular formula is C22H16ClNO3S. The molecule has 0 saturated carbocycles. The van der Waals surface area contributed by atoms with Gasteiger partial charge in [-0.05, 0) is 65.9 Å². The van der Waals surface area contributed by atoms with Gasteiger partial charge in [-0.1, -0.05) is 41.9 Å². The molecule has 1 aliphatic heterocycles. The zero-order valence-corrected chi connectivity index (χ0v) is 16.6. The predicted molar refractivity (Wildman–Crippen MR) is 115 cm³/mol. The largest absolute Gasteiger partial charge is 0.493 e. The van der Waals surface area contributed by atoms with Gasteiger partial charge in [-0.15, -0.1) is 0 Å². The fourth-order valence-corrected chi connectivity index (χ4v) is 4.07. The van der Waals surface area contributed by atoms with Crippen LogP contribution in [0.2, 0.25) is 5.02 Å². The van der Waals surface area contributed by atoms with Crippen LogP contribution < -0.4 is 9.64 Å². The van der Waals surface area contributed by atoms with Crippen molar-refractivity contribution in [3.8, 4) is 5.75 Å². The van der Waals surface area contributed by atoms with Gasteiger partial charge >= 0.3 is 0 Å². The Balaban J connectivity index is 1.79. The third-order valence-corrected chi connectivity index (χ3v) is 5.51. The first kappa shape index (κ1) is 18.6. The quantitative estimate of drug-likeness (QED) is 0.486. The van der Waals surface area contributed by atoms with Crippen molar-refractivity contribution in [1.82, 2.24) is 0 Å². The van der Waals surface area contributed by atoms with Crippen LogP contribution in [0.5, 0.6) is 5.75 Å². The van der Waals surface area contributed by atoms with Crippen LogP contribution in [0.4, 0.5) is 10.5 Å². The number of carbonyl (C=O) groups is 2. The van der Waals surface area contributed by atoms with Gasteiger partial charge in [-0.25, -0.2) is 4.90 Å². The van der Waals surface area contributed by atoms with Gasteiger partial charge in [0.05, 0.1) is 17.2 Å². The number of hydrogen-bond donors (Lipinski definition) is 0. The Bertz CT molecular complexity index is 1110. The van der Waals surface area contributed by atoms with E-state index in [9.17, 15) is 9.59 Å². The second-order valence-corrected chi connectivity index (χ2v) is 7.55. The Morgan fingerprint density at radius 1 is 1.04 bits per heavy atom. The third kappa shape index (κ3) is 3.39. The number of halogens is 1. The number of imide groups is 1. The third-order valence-electron chi connectivity index (χ3n) is 4.38. The summed E-state index contributed by atoms with van der Waals surface area (Å²) in [7, 11) is 0. The van der Waals surface area contributed by atoms with E-state index in [0.29, 0.717) is 28.0 Å². The molecule has 0 atom stereocenters. The Morgan fingerprint density at radius 2 is 1.79 bits per heavy atom. The van der Waals surface area contributed by atoms with E-state index in [0.717, 1.165) is 33.0 Å². The lowest BCUT2D eigenvalue weighted by Crippen LogP contribution is -2.27. The highest BCUT2D eigenvalue weighted by Gasteiger charge is 2.36. The van der Waals surface area contributed by atoms with Gasteiger partial charge in [0, 0.05) is 10.6 Å². The number of amides is 2. The lowest BCUT2D eigenvalue weighted by atomic mass is 10.0. The van der Waals surface area contributed by atoms with Gasteiger partial charge in [0.15, 0.2) is 0 Å². The molecule has 1 fully saturated rings. The monoisotopic (exact) mass is 409 g/mol. The SMILES string of the molecule is CCOc1ccc2ccccc2c1/C=C1/SC(=O)N(c2ccc(Cl)cc2)C1=O. The van der Waals surface area contributed by atoms with Crippen molar-refractivity contribution in [2.45, 2.75) is 6.92 Å². The van der Waals surface area contributed by atoms with Gasteiger partial charge in [0.25, 0.3) is 11.1 Å². The van der Waals surface area contributed by atoms with Crippen LogP contribution in [0.25, 0.3) is 16.8 Å². The van der Waals surface area contributed by atoms with Crippen molar-refractivity contribution in [2.24, 2.45) is 0 Å². The van der Waals surface area contributed by atoms with Crippen LogP contribution in [-0.2, 0) is 4.79 Å². The van der Waals surface area contributed by atoms with E-state index in [4.69, 9.17) is 16.3 Å². The van der Waals surface area contributed by atoms with E-state index in [1.54, 1.807) is 30.3 Å². The number of ether oxygens (including phenoxy) is 1. The number of rotatable bonds is 4. The summed E-state index contributed by atoms with van der Waals surface area (Å²) in [6.07, 6.45) is 1.74. The fourth-order valence-electron chi connectivity index (χ4n) is 3.12. The summed E-state index contributed by atoms with van der Waals surface area (Å²) in [5.41, 5.74) is 1.29. The first-order chi connectivity index (χ1) is 13.6. The lowest BCUT2D eigenvalue weighted by Gasteiger charge is -2.13. The molecule has 3 aromatic carbocycles. The average Bonchev–Trinajstić information content (AvgIpc) is 2.98. The minimum absolute atomic E-state index is 0.336.